The first kappa shape index (κ1) is 18.1. The number of benzene rings is 1. The van der Waals surface area contributed by atoms with Crippen molar-refractivity contribution in [3.63, 3.8) is 0 Å². The molecule has 1 aromatic carbocycles. The quantitative estimate of drug-likeness (QED) is 0.829. The minimum atomic E-state index is -1.06. The molecule has 1 aliphatic heterocycles. The lowest BCUT2D eigenvalue weighted by Crippen LogP contribution is -2.43. The SMILES string of the molecule is O=C(NCC1CC(F)CN1C(=O)c1csc(Cc2ccccc2)n1)C1CC1. The highest BCUT2D eigenvalue weighted by Crippen LogP contribution is 2.29. The van der Waals surface area contributed by atoms with E-state index in [1.54, 1.807) is 5.38 Å². The number of rotatable bonds is 6. The largest absolute Gasteiger partial charge is 0.354 e. The highest BCUT2D eigenvalue weighted by atomic mass is 32.1. The summed E-state index contributed by atoms with van der Waals surface area (Å²) < 4.78 is 14.0. The number of likely N-dealkylation sites (tertiary alicyclic amines) is 1. The van der Waals surface area contributed by atoms with Crippen molar-refractivity contribution >= 4 is 23.2 Å². The molecule has 2 atom stereocenters. The van der Waals surface area contributed by atoms with E-state index in [2.05, 4.69) is 10.3 Å². The van der Waals surface area contributed by atoms with Crippen molar-refractivity contribution in [2.24, 2.45) is 5.92 Å². The third kappa shape index (κ3) is 4.35. The van der Waals surface area contributed by atoms with E-state index in [4.69, 9.17) is 0 Å². The summed E-state index contributed by atoms with van der Waals surface area (Å²) in [5, 5.41) is 5.47. The van der Waals surface area contributed by atoms with Crippen molar-refractivity contribution < 1.29 is 14.0 Å². The van der Waals surface area contributed by atoms with Crippen molar-refractivity contribution in [2.75, 3.05) is 13.1 Å². The Morgan fingerprint density at radius 2 is 2.04 bits per heavy atom. The second-order valence-electron chi connectivity index (χ2n) is 7.25. The summed E-state index contributed by atoms with van der Waals surface area (Å²) >= 11 is 1.44. The van der Waals surface area contributed by atoms with Gasteiger partial charge in [-0.2, -0.15) is 0 Å². The van der Waals surface area contributed by atoms with Gasteiger partial charge in [0.2, 0.25) is 5.91 Å². The molecule has 0 radical (unpaired) electrons. The minimum absolute atomic E-state index is 0.0171. The van der Waals surface area contributed by atoms with Gasteiger partial charge in [-0.3, -0.25) is 9.59 Å². The van der Waals surface area contributed by atoms with Gasteiger partial charge in [-0.1, -0.05) is 30.3 Å². The lowest BCUT2D eigenvalue weighted by atomic mass is 10.2. The molecule has 1 aliphatic carbocycles. The van der Waals surface area contributed by atoms with Crippen molar-refractivity contribution in [2.45, 2.75) is 37.9 Å². The van der Waals surface area contributed by atoms with Gasteiger partial charge in [-0.15, -0.1) is 11.3 Å². The molecular formula is C20H22FN3O2S. The van der Waals surface area contributed by atoms with E-state index < -0.39 is 6.17 Å². The fourth-order valence-electron chi connectivity index (χ4n) is 3.42. The molecule has 1 aromatic heterocycles. The Bertz CT molecular complexity index is 822. The molecule has 2 aliphatic rings. The number of hydrogen-bond donors (Lipinski definition) is 1. The van der Waals surface area contributed by atoms with Crippen LogP contribution in [0.2, 0.25) is 0 Å². The Hall–Kier alpha value is -2.28. The third-order valence-electron chi connectivity index (χ3n) is 5.05. The maximum absolute atomic E-state index is 14.0. The molecule has 0 spiro atoms. The zero-order chi connectivity index (χ0) is 18.8. The Morgan fingerprint density at radius 1 is 1.26 bits per heavy atom. The summed E-state index contributed by atoms with van der Waals surface area (Å²) in [4.78, 5) is 30.7. The molecular weight excluding hydrogens is 365 g/mol. The molecule has 2 fully saturated rings. The highest BCUT2D eigenvalue weighted by Gasteiger charge is 2.37. The number of nitrogens with one attached hydrogen (secondary N) is 1. The van der Waals surface area contributed by atoms with Gasteiger partial charge >= 0.3 is 0 Å². The Morgan fingerprint density at radius 3 is 2.78 bits per heavy atom. The van der Waals surface area contributed by atoms with E-state index in [0.29, 0.717) is 18.7 Å². The van der Waals surface area contributed by atoms with Crippen LogP contribution in [0.3, 0.4) is 0 Å². The highest BCUT2D eigenvalue weighted by molar-refractivity contribution is 7.09. The number of carbonyl (C=O) groups excluding carboxylic acids is 2. The summed E-state index contributed by atoms with van der Waals surface area (Å²) in [5.41, 5.74) is 1.50. The van der Waals surface area contributed by atoms with Gasteiger partial charge in [0, 0.05) is 30.7 Å². The van der Waals surface area contributed by atoms with Crippen LogP contribution in [0, 0.1) is 5.92 Å². The average Bonchev–Trinajstić information content (AvgIpc) is 3.32. The number of carbonyl (C=O) groups is 2. The first-order valence-electron chi connectivity index (χ1n) is 9.31. The second-order valence-corrected chi connectivity index (χ2v) is 8.20. The molecule has 142 valence electrons. The van der Waals surface area contributed by atoms with Crippen LogP contribution in [0.15, 0.2) is 35.7 Å². The van der Waals surface area contributed by atoms with E-state index >= 15 is 0 Å². The molecule has 2 amide bonds. The van der Waals surface area contributed by atoms with E-state index in [-0.39, 0.29) is 36.7 Å². The number of alkyl halides is 1. The van der Waals surface area contributed by atoms with Crippen LogP contribution in [0.4, 0.5) is 4.39 Å². The van der Waals surface area contributed by atoms with Gasteiger partial charge < -0.3 is 10.2 Å². The number of thiazole rings is 1. The van der Waals surface area contributed by atoms with Crippen molar-refractivity contribution in [1.82, 2.24) is 15.2 Å². The van der Waals surface area contributed by atoms with Crippen LogP contribution in [-0.4, -0.2) is 47.0 Å². The molecule has 0 bridgehead atoms. The maximum Gasteiger partial charge on any atom is 0.273 e. The second kappa shape index (κ2) is 7.76. The van der Waals surface area contributed by atoms with Crippen LogP contribution >= 0.6 is 11.3 Å². The van der Waals surface area contributed by atoms with Gasteiger partial charge in [-0.05, 0) is 18.4 Å². The molecule has 7 heteroatoms. The summed E-state index contributed by atoms with van der Waals surface area (Å²) in [6.07, 6.45) is 1.73. The van der Waals surface area contributed by atoms with Crippen molar-refractivity contribution in [1.29, 1.82) is 0 Å². The van der Waals surface area contributed by atoms with Crippen molar-refractivity contribution in [3.05, 3.63) is 52.0 Å². The molecule has 1 N–H and O–H groups in total. The van der Waals surface area contributed by atoms with Crippen molar-refractivity contribution in [3.8, 4) is 0 Å². The predicted molar refractivity (Wildman–Crippen MR) is 101 cm³/mol. The summed E-state index contributed by atoms with van der Waals surface area (Å²) in [7, 11) is 0. The first-order valence-corrected chi connectivity index (χ1v) is 10.2. The summed E-state index contributed by atoms with van der Waals surface area (Å²) in [6.45, 7) is 0.372. The van der Waals surface area contributed by atoms with Gasteiger partial charge in [0.25, 0.3) is 5.91 Å². The predicted octanol–water partition coefficient (Wildman–Crippen LogP) is 2.81. The summed E-state index contributed by atoms with van der Waals surface area (Å²) in [5.74, 6) is -0.129. The monoisotopic (exact) mass is 387 g/mol. The molecule has 1 saturated carbocycles. The normalized spacial score (nSPS) is 22.0. The fraction of sp³-hybridized carbons (Fsp3) is 0.450. The van der Waals surface area contributed by atoms with Crippen LogP contribution in [0.5, 0.6) is 0 Å². The standard InChI is InChI=1S/C20H22FN3O2S/c21-15-9-16(10-22-19(25)14-6-7-14)24(11-15)20(26)17-12-27-18(23-17)8-13-4-2-1-3-5-13/h1-5,12,14-16H,6-11H2,(H,22,25). The van der Waals surface area contributed by atoms with E-state index in [1.165, 1.54) is 16.2 Å². The number of amides is 2. The van der Waals surface area contributed by atoms with Gasteiger partial charge in [0.05, 0.1) is 17.6 Å². The molecule has 5 nitrogen and oxygen atoms in total. The van der Waals surface area contributed by atoms with E-state index in [1.807, 2.05) is 30.3 Å². The lowest BCUT2D eigenvalue weighted by molar-refractivity contribution is -0.122. The number of nitrogens with zero attached hydrogens (tertiary/aromatic N) is 2. The van der Waals surface area contributed by atoms with Crippen LogP contribution < -0.4 is 5.32 Å². The smallest absolute Gasteiger partial charge is 0.273 e. The first-order chi connectivity index (χ1) is 13.1. The zero-order valence-corrected chi connectivity index (χ0v) is 15.8. The maximum atomic E-state index is 14.0. The Balaban J connectivity index is 1.40. The fourth-order valence-corrected chi connectivity index (χ4v) is 4.22. The number of halogens is 1. The minimum Gasteiger partial charge on any atom is -0.354 e. The zero-order valence-electron chi connectivity index (χ0n) is 14.9. The molecule has 27 heavy (non-hydrogen) atoms. The van der Waals surface area contributed by atoms with Crippen LogP contribution in [-0.2, 0) is 11.2 Å². The Kier molecular flexibility index (Phi) is 5.20. The van der Waals surface area contributed by atoms with E-state index in [0.717, 1.165) is 23.4 Å². The van der Waals surface area contributed by atoms with Crippen LogP contribution in [0.1, 0.15) is 40.3 Å². The molecule has 2 aromatic rings. The number of aromatic nitrogens is 1. The summed E-state index contributed by atoms with van der Waals surface area (Å²) in [6, 6.07) is 9.64. The van der Waals surface area contributed by atoms with Crippen LogP contribution in [0.25, 0.3) is 0 Å². The topological polar surface area (TPSA) is 62.3 Å². The lowest BCUT2D eigenvalue weighted by Gasteiger charge is -2.23. The average molecular weight is 387 g/mol. The van der Waals surface area contributed by atoms with E-state index in [9.17, 15) is 14.0 Å². The van der Waals surface area contributed by atoms with Gasteiger partial charge in [0.1, 0.15) is 11.9 Å². The molecule has 2 unspecified atom stereocenters. The molecule has 1 saturated heterocycles. The molecule has 2 heterocycles. The van der Waals surface area contributed by atoms with Gasteiger partial charge in [-0.25, -0.2) is 9.37 Å². The molecule has 4 rings (SSSR count). The third-order valence-corrected chi connectivity index (χ3v) is 5.90. The number of hydrogen-bond acceptors (Lipinski definition) is 4. The van der Waals surface area contributed by atoms with Gasteiger partial charge in [0.15, 0.2) is 0 Å². The Labute approximate surface area is 161 Å².